The van der Waals surface area contributed by atoms with E-state index in [0.29, 0.717) is 0 Å². The van der Waals surface area contributed by atoms with Gasteiger partial charge in [0.15, 0.2) is 11.0 Å². The number of hydrogen-bond acceptors (Lipinski definition) is 4. The molecule has 1 aromatic heterocycles. The van der Waals surface area contributed by atoms with Crippen molar-refractivity contribution in [2.75, 3.05) is 7.11 Å². The molecule has 0 aliphatic carbocycles. The lowest BCUT2D eigenvalue weighted by molar-refractivity contribution is 0.416. The fourth-order valence-electron chi connectivity index (χ4n) is 2.81. The molecular formula is C20H23N3OS. The summed E-state index contributed by atoms with van der Waals surface area (Å²) in [6, 6.07) is 14.5. The van der Waals surface area contributed by atoms with Crippen molar-refractivity contribution in [1.82, 2.24) is 14.8 Å². The van der Waals surface area contributed by atoms with Crippen LogP contribution in [0.4, 0.5) is 0 Å². The van der Waals surface area contributed by atoms with E-state index in [9.17, 15) is 0 Å². The fourth-order valence-corrected chi connectivity index (χ4v) is 3.87. The van der Waals surface area contributed by atoms with Gasteiger partial charge in [-0.15, -0.1) is 10.2 Å². The van der Waals surface area contributed by atoms with Crippen LogP contribution in [0.15, 0.2) is 47.6 Å². The maximum atomic E-state index is 5.48. The van der Waals surface area contributed by atoms with Crippen molar-refractivity contribution in [2.24, 2.45) is 0 Å². The summed E-state index contributed by atoms with van der Waals surface area (Å²) in [5.74, 6) is 2.55. The fraction of sp³-hybridized carbons (Fsp3) is 0.300. The van der Waals surface area contributed by atoms with Crippen LogP contribution < -0.4 is 4.74 Å². The smallest absolute Gasteiger partial charge is 0.191 e. The highest BCUT2D eigenvalue weighted by Crippen LogP contribution is 2.32. The van der Waals surface area contributed by atoms with E-state index in [1.165, 1.54) is 16.7 Å². The van der Waals surface area contributed by atoms with Crippen LogP contribution in [0.1, 0.15) is 23.6 Å². The zero-order valence-electron chi connectivity index (χ0n) is 15.1. The Morgan fingerprint density at radius 2 is 1.88 bits per heavy atom. The Balaban J connectivity index is 1.89. The van der Waals surface area contributed by atoms with E-state index in [0.717, 1.165) is 34.6 Å². The first-order chi connectivity index (χ1) is 12.1. The van der Waals surface area contributed by atoms with E-state index in [1.807, 2.05) is 24.3 Å². The number of ether oxygens (including phenoxy) is 1. The summed E-state index contributed by atoms with van der Waals surface area (Å²) in [4.78, 5) is 0. The van der Waals surface area contributed by atoms with E-state index in [-0.39, 0.29) is 0 Å². The van der Waals surface area contributed by atoms with E-state index in [4.69, 9.17) is 4.74 Å². The van der Waals surface area contributed by atoms with Gasteiger partial charge >= 0.3 is 0 Å². The number of nitrogens with zero attached hydrogens (tertiary/aromatic N) is 3. The summed E-state index contributed by atoms with van der Waals surface area (Å²) in [5.41, 5.74) is 4.91. The van der Waals surface area contributed by atoms with Crippen molar-refractivity contribution >= 4 is 11.8 Å². The number of methoxy groups -OCH3 is 1. The first-order valence-electron chi connectivity index (χ1n) is 8.39. The van der Waals surface area contributed by atoms with Gasteiger partial charge < -0.3 is 9.30 Å². The molecule has 0 bridgehead atoms. The highest BCUT2D eigenvalue weighted by Gasteiger charge is 2.16. The Morgan fingerprint density at radius 1 is 1.08 bits per heavy atom. The van der Waals surface area contributed by atoms with Crippen molar-refractivity contribution < 1.29 is 4.74 Å². The Kier molecular flexibility index (Phi) is 5.43. The molecule has 0 unspecified atom stereocenters. The van der Waals surface area contributed by atoms with Crippen LogP contribution in [0, 0.1) is 13.8 Å². The van der Waals surface area contributed by atoms with Gasteiger partial charge in [0.25, 0.3) is 0 Å². The van der Waals surface area contributed by atoms with Gasteiger partial charge in [-0.25, -0.2) is 0 Å². The monoisotopic (exact) mass is 353 g/mol. The summed E-state index contributed by atoms with van der Waals surface area (Å²) in [6.45, 7) is 7.21. The minimum atomic E-state index is 0.815. The summed E-state index contributed by atoms with van der Waals surface area (Å²) in [7, 11) is 1.68. The Labute approximate surface area is 153 Å². The van der Waals surface area contributed by atoms with Crippen LogP contribution in [-0.4, -0.2) is 21.9 Å². The first kappa shape index (κ1) is 17.5. The van der Waals surface area contributed by atoms with Crippen LogP contribution in [0.25, 0.3) is 11.4 Å². The highest BCUT2D eigenvalue weighted by molar-refractivity contribution is 7.98. The number of thioether (sulfide) groups is 1. The number of aryl methyl sites for hydroxylation is 2. The van der Waals surface area contributed by atoms with Crippen LogP contribution >= 0.6 is 11.8 Å². The predicted octanol–water partition coefficient (Wildman–Crippen LogP) is 4.88. The van der Waals surface area contributed by atoms with Gasteiger partial charge in [-0.3, -0.25) is 0 Å². The van der Waals surface area contributed by atoms with E-state index < -0.39 is 0 Å². The summed E-state index contributed by atoms with van der Waals surface area (Å²) >= 11 is 1.73. The van der Waals surface area contributed by atoms with Crippen LogP contribution in [0.3, 0.4) is 0 Å². The average molecular weight is 353 g/mol. The summed E-state index contributed by atoms with van der Waals surface area (Å²) in [5, 5.41) is 9.79. The van der Waals surface area contributed by atoms with E-state index in [1.54, 1.807) is 18.9 Å². The molecule has 0 spiro atoms. The molecule has 3 rings (SSSR count). The Hall–Kier alpha value is -2.27. The van der Waals surface area contributed by atoms with E-state index in [2.05, 4.69) is 53.7 Å². The molecule has 0 atom stereocenters. The van der Waals surface area contributed by atoms with Gasteiger partial charge in [-0.1, -0.05) is 47.7 Å². The molecule has 0 N–H and O–H groups in total. The molecule has 5 heteroatoms. The van der Waals surface area contributed by atoms with E-state index >= 15 is 0 Å². The lowest BCUT2D eigenvalue weighted by Gasteiger charge is -2.11. The van der Waals surface area contributed by atoms with Crippen molar-refractivity contribution in [1.29, 1.82) is 0 Å². The molecule has 0 aliphatic heterocycles. The zero-order valence-corrected chi connectivity index (χ0v) is 15.9. The Bertz CT molecular complexity index is 873. The maximum absolute atomic E-state index is 5.48. The molecule has 1 heterocycles. The maximum Gasteiger partial charge on any atom is 0.191 e. The molecule has 3 aromatic rings. The summed E-state index contributed by atoms with van der Waals surface area (Å²) in [6.07, 6.45) is 0. The molecule has 2 aromatic carbocycles. The van der Waals surface area contributed by atoms with Crippen molar-refractivity contribution in [3.63, 3.8) is 0 Å². The molecule has 0 saturated heterocycles. The molecule has 4 nitrogen and oxygen atoms in total. The molecule has 0 radical (unpaired) electrons. The van der Waals surface area contributed by atoms with Crippen molar-refractivity contribution in [2.45, 2.75) is 38.2 Å². The van der Waals surface area contributed by atoms with Gasteiger partial charge in [0, 0.05) is 12.3 Å². The second kappa shape index (κ2) is 7.74. The first-order valence-corrected chi connectivity index (χ1v) is 9.38. The Morgan fingerprint density at radius 3 is 2.64 bits per heavy atom. The van der Waals surface area contributed by atoms with Gasteiger partial charge in [0.05, 0.1) is 12.7 Å². The van der Waals surface area contributed by atoms with Gasteiger partial charge in [-0.05, 0) is 44.0 Å². The minimum Gasteiger partial charge on any atom is -0.496 e. The molecular weight excluding hydrogens is 330 g/mol. The normalized spacial score (nSPS) is 10.9. The molecule has 130 valence electrons. The number of hydrogen-bond donors (Lipinski definition) is 0. The summed E-state index contributed by atoms with van der Waals surface area (Å²) < 4.78 is 7.63. The number of benzene rings is 2. The lowest BCUT2D eigenvalue weighted by atomic mass is 10.1. The third-order valence-electron chi connectivity index (χ3n) is 4.24. The van der Waals surface area contributed by atoms with Crippen molar-refractivity contribution in [3.05, 3.63) is 59.2 Å². The molecule has 0 saturated carbocycles. The highest BCUT2D eigenvalue weighted by atomic mass is 32.2. The average Bonchev–Trinajstić information content (AvgIpc) is 3.05. The largest absolute Gasteiger partial charge is 0.496 e. The number of para-hydroxylation sites is 1. The van der Waals surface area contributed by atoms with Crippen LogP contribution in [0.2, 0.25) is 0 Å². The lowest BCUT2D eigenvalue weighted by Crippen LogP contribution is -2.01. The molecule has 0 fully saturated rings. The zero-order chi connectivity index (χ0) is 17.8. The third kappa shape index (κ3) is 3.71. The molecule has 25 heavy (non-hydrogen) atoms. The molecule has 0 aliphatic rings. The van der Waals surface area contributed by atoms with Gasteiger partial charge in [-0.2, -0.15) is 0 Å². The standard InChI is InChI=1S/C20H23N3OS/c1-5-23-19(17-8-6-7-9-18(17)24-4)21-22-20(23)25-13-16-12-14(2)10-11-15(16)3/h6-12H,5,13H2,1-4H3. The van der Waals surface area contributed by atoms with Crippen LogP contribution in [0.5, 0.6) is 5.75 Å². The number of rotatable bonds is 6. The third-order valence-corrected chi connectivity index (χ3v) is 5.26. The van der Waals surface area contributed by atoms with Gasteiger partial charge in [0.1, 0.15) is 5.75 Å². The SMILES string of the molecule is CCn1c(SCc2cc(C)ccc2C)nnc1-c1ccccc1OC. The van der Waals surface area contributed by atoms with Crippen LogP contribution in [-0.2, 0) is 12.3 Å². The second-order valence-electron chi connectivity index (χ2n) is 5.97. The quantitative estimate of drug-likeness (QED) is 0.592. The number of aromatic nitrogens is 3. The topological polar surface area (TPSA) is 39.9 Å². The second-order valence-corrected chi connectivity index (χ2v) is 6.91. The van der Waals surface area contributed by atoms with Gasteiger partial charge in [0.2, 0.25) is 0 Å². The molecule has 0 amide bonds. The minimum absolute atomic E-state index is 0.815. The van der Waals surface area contributed by atoms with Crippen molar-refractivity contribution in [3.8, 4) is 17.1 Å². The predicted molar refractivity (Wildman–Crippen MR) is 103 cm³/mol.